The van der Waals surface area contributed by atoms with E-state index < -0.39 is 11.9 Å². The van der Waals surface area contributed by atoms with Gasteiger partial charge in [-0.05, 0) is 55.0 Å². The number of ether oxygens (including phenoxy) is 3. The van der Waals surface area contributed by atoms with Crippen LogP contribution in [0.2, 0.25) is 0 Å². The summed E-state index contributed by atoms with van der Waals surface area (Å²) in [6, 6.07) is 21.8. The summed E-state index contributed by atoms with van der Waals surface area (Å²) in [4.78, 5) is 23.8. The molecule has 0 radical (unpaired) electrons. The van der Waals surface area contributed by atoms with E-state index in [1.807, 2.05) is 49.4 Å². The third kappa shape index (κ3) is 6.84. The Labute approximate surface area is 193 Å². The molecule has 0 aliphatic rings. The average Bonchev–Trinajstić information content (AvgIpc) is 2.85. The minimum atomic E-state index is -0.480. The van der Waals surface area contributed by atoms with Crippen LogP contribution in [0.5, 0.6) is 11.5 Å². The van der Waals surface area contributed by atoms with Gasteiger partial charge in [-0.15, -0.1) is 0 Å². The second kappa shape index (κ2) is 11.9. The summed E-state index contributed by atoms with van der Waals surface area (Å²) in [7, 11) is 0. The maximum Gasteiger partial charge on any atom is 0.343 e. The van der Waals surface area contributed by atoms with Crippen LogP contribution in [0, 0.1) is 11.8 Å². The van der Waals surface area contributed by atoms with Crippen molar-refractivity contribution in [3.63, 3.8) is 0 Å². The van der Waals surface area contributed by atoms with Gasteiger partial charge in [0.05, 0.1) is 12.2 Å². The monoisotopic (exact) mass is 440 g/mol. The van der Waals surface area contributed by atoms with E-state index in [1.165, 1.54) is 0 Å². The van der Waals surface area contributed by atoms with Crippen LogP contribution in [0.25, 0.3) is 11.1 Å². The molecule has 0 saturated heterocycles. The Hall–Kier alpha value is -4.30. The number of benzene rings is 3. The molecule has 0 unspecified atom stereocenters. The number of hydrogen-bond acceptors (Lipinski definition) is 5. The first-order valence-corrected chi connectivity index (χ1v) is 10.5. The Morgan fingerprint density at radius 3 is 2.45 bits per heavy atom. The van der Waals surface area contributed by atoms with Crippen molar-refractivity contribution in [1.82, 2.24) is 0 Å². The summed E-state index contributed by atoms with van der Waals surface area (Å²) in [5.41, 5.74) is 2.77. The fourth-order valence-electron chi connectivity index (χ4n) is 2.98. The van der Waals surface area contributed by atoms with Gasteiger partial charge in [0.1, 0.15) is 18.1 Å². The van der Waals surface area contributed by atoms with Crippen molar-refractivity contribution in [2.45, 2.75) is 13.3 Å². The third-order valence-corrected chi connectivity index (χ3v) is 4.54. The van der Waals surface area contributed by atoms with Gasteiger partial charge in [0, 0.05) is 23.6 Å². The van der Waals surface area contributed by atoms with Crippen molar-refractivity contribution >= 4 is 11.9 Å². The predicted octanol–water partition coefficient (Wildman–Crippen LogP) is 5.44. The van der Waals surface area contributed by atoms with Crippen LogP contribution < -0.4 is 9.47 Å². The topological polar surface area (TPSA) is 61.8 Å². The molecular formula is C28H24O5. The molecule has 5 nitrogen and oxygen atoms in total. The van der Waals surface area contributed by atoms with Crippen LogP contribution in [-0.4, -0.2) is 25.2 Å². The molecule has 0 spiro atoms. The van der Waals surface area contributed by atoms with Gasteiger partial charge in [0.25, 0.3) is 0 Å². The molecule has 5 heteroatoms. The highest BCUT2D eigenvalue weighted by Gasteiger charge is 2.14. The SMILES string of the molecule is C=CC(=O)OCCC#Cc1ccc(-c2ccc(OCC)cc2)c(OC(=O)c2ccccc2)c1. The van der Waals surface area contributed by atoms with Crippen LogP contribution in [0.1, 0.15) is 29.3 Å². The fraction of sp³-hybridized carbons (Fsp3) is 0.143. The van der Waals surface area contributed by atoms with Gasteiger partial charge in [0.2, 0.25) is 0 Å². The first-order valence-electron chi connectivity index (χ1n) is 10.5. The zero-order valence-electron chi connectivity index (χ0n) is 18.4. The predicted molar refractivity (Wildman–Crippen MR) is 127 cm³/mol. The molecule has 0 bridgehead atoms. The summed E-state index contributed by atoms with van der Waals surface area (Å²) in [6.07, 6.45) is 1.49. The third-order valence-electron chi connectivity index (χ3n) is 4.54. The molecular weight excluding hydrogens is 416 g/mol. The molecule has 3 rings (SSSR count). The first-order chi connectivity index (χ1) is 16.1. The summed E-state index contributed by atoms with van der Waals surface area (Å²) >= 11 is 0. The van der Waals surface area contributed by atoms with Crippen molar-refractivity contribution in [2.24, 2.45) is 0 Å². The van der Waals surface area contributed by atoms with E-state index >= 15 is 0 Å². The normalized spacial score (nSPS) is 9.85. The van der Waals surface area contributed by atoms with E-state index in [0.29, 0.717) is 29.9 Å². The Morgan fingerprint density at radius 1 is 1.00 bits per heavy atom. The summed E-state index contributed by atoms with van der Waals surface area (Å²) in [5, 5.41) is 0. The zero-order chi connectivity index (χ0) is 23.5. The summed E-state index contributed by atoms with van der Waals surface area (Å²) in [5.74, 6) is 6.21. The van der Waals surface area contributed by atoms with Crippen LogP contribution in [-0.2, 0) is 9.53 Å². The number of carbonyl (C=O) groups is 2. The van der Waals surface area contributed by atoms with Crippen LogP contribution >= 0.6 is 0 Å². The maximum absolute atomic E-state index is 12.7. The maximum atomic E-state index is 12.7. The molecule has 0 aliphatic carbocycles. The highest BCUT2D eigenvalue weighted by Crippen LogP contribution is 2.32. The van der Waals surface area contributed by atoms with Crippen molar-refractivity contribution < 1.29 is 23.8 Å². The molecule has 0 aliphatic heterocycles. The summed E-state index contributed by atoms with van der Waals surface area (Å²) < 4.78 is 16.2. The van der Waals surface area contributed by atoms with Gasteiger partial charge in [-0.3, -0.25) is 0 Å². The lowest BCUT2D eigenvalue weighted by atomic mass is 10.0. The highest BCUT2D eigenvalue weighted by atomic mass is 16.5. The highest BCUT2D eigenvalue weighted by molar-refractivity contribution is 5.92. The number of carbonyl (C=O) groups excluding carboxylic acids is 2. The number of esters is 2. The van der Waals surface area contributed by atoms with Crippen molar-refractivity contribution in [2.75, 3.05) is 13.2 Å². The number of rotatable bonds is 8. The van der Waals surface area contributed by atoms with E-state index in [9.17, 15) is 9.59 Å². The van der Waals surface area contributed by atoms with Crippen molar-refractivity contribution in [3.8, 4) is 34.5 Å². The van der Waals surface area contributed by atoms with E-state index in [-0.39, 0.29) is 6.61 Å². The van der Waals surface area contributed by atoms with Crippen LogP contribution in [0.15, 0.2) is 85.5 Å². The summed E-state index contributed by atoms with van der Waals surface area (Å²) in [6.45, 7) is 6.04. The van der Waals surface area contributed by atoms with E-state index in [4.69, 9.17) is 14.2 Å². The largest absolute Gasteiger partial charge is 0.494 e. The molecule has 0 amide bonds. The Balaban J connectivity index is 1.86. The van der Waals surface area contributed by atoms with Gasteiger partial charge in [-0.1, -0.05) is 48.8 Å². The second-order valence-corrected chi connectivity index (χ2v) is 6.85. The quantitative estimate of drug-likeness (QED) is 0.153. The Bertz CT molecular complexity index is 1170. The van der Waals surface area contributed by atoms with Crippen molar-refractivity contribution in [1.29, 1.82) is 0 Å². The molecule has 0 aromatic heterocycles. The molecule has 3 aromatic carbocycles. The molecule has 0 fully saturated rings. The molecule has 0 saturated carbocycles. The second-order valence-electron chi connectivity index (χ2n) is 6.85. The number of hydrogen-bond donors (Lipinski definition) is 0. The molecule has 33 heavy (non-hydrogen) atoms. The van der Waals surface area contributed by atoms with Gasteiger partial charge in [-0.2, -0.15) is 0 Å². The van der Waals surface area contributed by atoms with E-state index in [2.05, 4.69) is 18.4 Å². The van der Waals surface area contributed by atoms with E-state index in [0.717, 1.165) is 23.0 Å². The minimum absolute atomic E-state index is 0.179. The van der Waals surface area contributed by atoms with Gasteiger partial charge in [-0.25, -0.2) is 9.59 Å². The van der Waals surface area contributed by atoms with E-state index in [1.54, 1.807) is 30.3 Å². The standard InChI is InChI=1S/C28H24O5/c1-3-27(29)32-19-9-8-10-21-13-18-25(22-14-16-24(17-15-22)31-4-2)26(20-21)33-28(30)23-11-6-5-7-12-23/h3,5-7,11-18,20H,1,4,9,19H2,2H3. The van der Waals surface area contributed by atoms with Gasteiger partial charge >= 0.3 is 11.9 Å². The fourth-order valence-corrected chi connectivity index (χ4v) is 2.98. The van der Waals surface area contributed by atoms with Gasteiger partial charge in [0.15, 0.2) is 0 Å². The molecule has 0 heterocycles. The first kappa shape index (κ1) is 23.4. The lowest BCUT2D eigenvalue weighted by Gasteiger charge is -2.12. The molecule has 0 N–H and O–H groups in total. The molecule has 0 atom stereocenters. The smallest absolute Gasteiger partial charge is 0.343 e. The lowest BCUT2D eigenvalue weighted by Crippen LogP contribution is -2.09. The molecule has 166 valence electrons. The van der Waals surface area contributed by atoms with Crippen LogP contribution in [0.4, 0.5) is 0 Å². The van der Waals surface area contributed by atoms with Gasteiger partial charge < -0.3 is 14.2 Å². The van der Waals surface area contributed by atoms with Crippen LogP contribution in [0.3, 0.4) is 0 Å². The zero-order valence-corrected chi connectivity index (χ0v) is 18.4. The Kier molecular flexibility index (Phi) is 8.44. The molecule has 3 aromatic rings. The minimum Gasteiger partial charge on any atom is -0.494 e. The average molecular weight is 440 g/mol. The van der Waals surface area contributed by atoms with Crippen molar-refractivity contribution in [3.05, 3.63) is 96.6 Å². The lowest BCUT2D eigenvalue weighted by molar-refractivity contribution is -0.137. The Morgan fingerprint density at radius 2 is 1.76 bits per heavy atom.